The van der Waals surface area contributed by atoms with Gasteiger partial charge in [0.2, 0.25) is 0 Å². The summed E-state index contributed by atoms with van der Waals surface area (Å²) in [7, 11) is 3.19. The standard InChI is InChI=1S/C23H24ClNO5/c1-15-12-17(5-7-19(15)24)29-14-18-6-9-21(30-18)23(26)25-11-10-16-4-8-20(27-2)22(13-16)28-3/h4-9,12-13H,10-11,14H2,1-3H3,(H,25,26). The number of methoxy groups -OCH3 is 2. The van der Waals surface area contributed by atoms with E-state index in [1.807, 2.05) is 31.2 Å². The summed E-state index contributed by atoms with van der Waals surface area (Å²) < 4.78 is 21.8. The molecule has 0 unspecified atom stereocenters. The van der Waals surface area contributed by atoms with E-state index in [2.05, 4.69) is 5.32 Å². The van der Waals surface area contributed by atoms with Gasteiger partial charge in [0.25, 0.3) is 5.91 Å². The smallest absolute Gasteiger partial charge is 0.287 e. The van der Waals surface area contributed by atoms with Crippen LogP contribution in [0.15, 0.2) is 52.9 Å². The average molecular weight is 430 g/mol. The van der Waals surface area contributed by atoms with Crippen molar-refractivity contribution in [2.24, 2.45) is 0 Å². The molecule has 1 N–H and O–H groups in total. The lowest BCUT2D eigenvalue weighted by Gasteiger charge is -2.10. The second kappa shape index (κ2) is 10.1. The fourth-order valence-corrected chi connectivity index (χ4v) is 3.00. The molecule has 3 aromatic rings. The van der Waals surface area contributed by atoms with Crippen molar-refractivity contribution in [2.75, 3.05) is 20.8 Å². The van der Waals surface area contributed by atoms with Crippen molar-refractivity contribution in [1.82, 2.24) is 5.32 Å². The van der Waals surface area contributed by atoms with Crippen molar-refractivity contribution < 1.29 is 23.4 Å². The third kappa shape index (κ3) is 5.48. The molecule has 0 aliphatic rings. The summed E-state index contributed by atoms with van der Waals surface area (Å²) in [6.45, 7) is 2.59. The zero-order chi connectivity index (χ0) is 21.5. The van der Waals surface area contributed by atoms with Gasteiger partial charge in [-0.15, -0.1) is 0 Å². The predicted octanol–water partition coefficient (Wildman–Crippen LogP) is 4.81. The summed E-state index contributed by atoms with van der Waals surface area (Å²) in [5.41, 5.74) is 1.96. The van der Waals surface area contributed by atoms with Gasteiger partial charge in [-0.3, -0.25) is 4.79 Å². The Hall–Kier alpha value is -3.12. The predicted molar refractivity (Wildman–Crippen MR) is 115 cm³/mol. The normalized spacial score (nSPS) is 10.5. The van der Waals surface area contributed by atoms with E-state index < -0.39 is 0 Å². The van der Waals surface area contributed by atoms with Crippen LogP contribution < -0.4 is 19.5 Å². The monoisotopic (exact) mass is 429 g/mol. The highest BCUT2D eigenvalue weighted by Crippen LogP contribution is 2.27. The summed E-state index contributed by atoms with van der Waals surface area (Å²) in [4.78, 5) is 12.3. The Morgan fingerprint density at radius 2 is 1.83 bits per heavy atom. The molecule has 1 heterocycles. The Morgan fingerprint density at radius 1 is 1.03 bits per heavy atom. The van der Waals surface area contributed by atoms with Gasteiger partial charge in [-0.2, -0.15) is 0 Å². The minimum atomic E-state index is -0.274. The molecule has 7 heteroatoms. The summed E-state index contributed by atoms with van der Waals surface area (Å²) >= 11 is 6.02. The molecule has 0 aliphatic heterocycles. The fraction of sp³-hybridized carbons (Fsp3) is 0.261. The van der Waals surface area contributed by atoms with Crippen molar-refractivity contribution in [3.8, 4) is 17.2 Å². The molecule has 0 aliphatic carbocycles. The van der Waals surface area contributed by atoms with Crippen LogP contribution in [0.5, 0.6) is 17.2 Å². The van der Waals surface area contributed by atoms with Crippen LogP contribution in [-0.4, -0.2) is 26.7 Å². The van der Waals surface area contributed by atoms with Crippen molar-refractivity contribution in [3.63, 3.8) is 0 Å². The topological polar surface area (TPSA) is 69.9 Å². The second-order valence-electron chi connectivity index (χ2n) is 6.66. The lowest BCUT2D eigenvalue weighted by Crippen LogP contribution is -2.25. The Labute approximate surface area is 180 Å². The quantitative estimate of drug-likeness (QED) is 0.528. The van der Waals surface area contributed by atoms with Crippen LogP contribution in [0.4, 0.5) is 0 Å². The zero-order valence-electron chi connectivity index (χ0n) is 17.2. The summed E-state index contributed by atoms with van der Waals surface area (Å²) in [6.07, 6.45) is 0.651. The number of benzene rings is 2. The van der Waals surface area contributed by atoms with Crippen LogP contribution in [0.25, 0.3) is 0 Å². The number of carbonyl (C=O) groups is 1. The van der Waals surface area contributed by atoms with E-state index in [-0.39, 0.29) is 18.3 Å². The van der Waals surface area contributed by atoms with Crippen LogP contribution in [0.3, 0.4) is 0 Å². The minimum Gasteiger partial charge on any atom is -0.493 e. The average Bonchev–Trinajstić information content (AvgIpc) is 3.23. The van der Waals surface area contributed by atoms with Crippen molar-refractivity contribution >= 4 is 17.5 Å². The molecule has 0 spiro atoms. The molecular weight excluding hydrogens is 406 g/mol. The number of hydrogen-bond donors (Lipinski definition) is 1. The zero-order valence-corrected chi connectivity index (χ0v) is 17.9. The van der Waals surface area contributed by atoms with Crippen LogP contribution >= 0.6 is 11.6 Å². The number of ether oxygens (including phenoxy) is 3. The van der Waals surface area contributed by atoms with Gasteiger partial charge in [0.05, 0.1) is 14.2 Å². The first-order chi connectivity index (χ1) is 14.5. The first-order valence-electron chi connectivity index (χ1n) is 9.47. The second-order valence-corrected chi connectivity index (χ2v) is 7.07. The molecule has 0 bridgehead atoms. The molecule has 0 atom stereocenters. The highest BCUT2D eigenvalue weighted by atomic mass is 35.5. The lowest BCUT2D eigenvalue weighted by atomic mass is 10.1. The third-order valence-corrected chi connectivity index (χ3v) is 4.97. The molecule has 2 aromatic carbocycles. The highest BCUT2D eigenvalue weighted by molar-refractivity contribution is 6.31. The van der Waals surface area contributed by atoms with Crippen LogP contribution in [0.1, 0.15) is 27.4 Å². The molecule has 1 aromatic heterocycles. The molecule has 6 nitrogen and oxygen atoms in total. The largest absolute Gasteiger partial charge is 0.493 e. The number of nitrogens with one attached hydrogen (secondary N) is 1. The van der Waals surface area contributed by atoms with Gasteiger partial charge in [-0.25, -0.2) is 0 Å². The van der Waals surface area contributed by atoms with Gasteiger partial charge in [0.15, 0.2) is 17.3 Å². The maximum Gasteiger partial charge on any atom is 0.287 e. The van der Waals surface area contributed by atoms with E-state index in [1.165, 1.54) is 0 Å². The number of amides is 1. The number of halogens is 1. The summed E-state index contributed by atoms with van der Waals surface area (Å²) in [5.74, 6) is 2.55. The molecule has 158 valence electrons. The molecule has 3 rings (SSSR count). The SMILES string of the molecule is COc1ccc(CCNC(=O)c2ccc(COc3ccc(Cl)c(C)c3)o2)cc1OC. The first kappa shape index (κ1) is 21.6. The number of rotatable bonds is 9. The summed E-state index contributed by atoms with van der Waals surface area (Å²) in [5, 5.41) is 3.54. The molecule has 30 heavy (non-hydrogen) atoms. The molecule has 0 saturated heterocycles. The molecule has 1 amide bonds. The lowest BCUT2D eigenvalue weighted by molar-refractivity contribution is 0.0922. The Kier molecular flexibility index (Phi) is 7.25. The molecule has 0 radical (unpaired) electrons. The minimum absolute atomic E-state index is 0.222. The van der Waals surface area contributed by atoms with E-state index in [9.17, 15) is 4.79 Å². The van der Waals surface area contributed by atoms with E-state index >= 15 is 0 Å². The van der Waals surface area contributed by atoms with Crippen LogP contribution in [0.2, 0.25) is 5.02 Å². The van der Waals surface area contributed by atoms with Gasteiger partial charge >= 0.3 is 0 Å². The van der Waals surface area contributed by atoms with Crippen molar-refractivity contribution in [1.29, 1.82) is 0 Å². The number of furan rings is 1. The van der Waals surface area contributed by atoms with Gasteiger partial charge in [0.1, 0.15) is 18.1 Å². The maximum absolute atomic E-state index is 12.3. The summed E-state index contributed by atoms with van der Waals surface area (Å²) in [6, 6.07) is 14.5. The van der Waals surface area contributed by atoms with Crippen molar-refractivity contribution in [3.05, 3.63) is 76.2 Å². The Morgan fingerprint density at radius 3 is 2.57 bits per heavy atom. The Bertz CT molecular complexity index is 1010. The van der Waals surface area contributed by atoms with E-state index in [1.54, 1.807) is 38.5 Å². The van der Waals surface area contributed by atoms with Gasteiger partial charge in [-0.1, -0.05) is 17.7 Å². The Balaban J connectivity index is 1.49. The fourth-order valence-electron chi connectivity index (χ4n) is 2.88. The maximum atomic E-state index is 12.3. The van der Waals surface area contributed by atoms with E-state index in [0.717, 1.165) is 11.1 Å². The van der Waals surface area contributed by atoms with Crippen molar-refractivity contribution in [2.45, 2.75) is 20.0 Å². The van der Waals surface area contributed by atoms with E-state index in [4.69, 9.17) is 30.2 Å². The van der Waals surface area contributed by atoms with Gasteiger partial charge < -0.3 is 23.9 Å². The molecule has 0 saturated carbocycles. The van der Waals surface area contributed by atoms with Gasteiger partial charge in [0, 0.05) is 11.6 Å². The number of aryl methyl sites for hydroxylation is 1. The molecule has 0 fully saturated rings. The van der Waals surface area contributed by atoms with Crippen LogP contribution in [0, 0.1) is 6.92 Å². The highest BCUT2D eigenvalue weighted by Gasteiger charge is 2.12. The van der Waals surface area contributed by atoms with Crippen LogP contribution in [-0.2, 0) is 13.0 Å². The van der Waals surface area contributed by atoms with Gasteiger partial charge in [-0.05, 0) is 66.9 Å². The first-order valence-corrected chi connectivity index (χ1v) is 9.84. The van der Waals surface area contributed by atoms with E-state index in [0.29, 0.717) is 41.0 Å². The molecular formula is C23H24ClNO5. The number of carbonyl (C=O) groups excluding carboxylic acids is 1. The number of hydrogen-bond acceptors (Lipinski definition) is 5. The third-order valence-electron chi connectivity index (χ3n) is 4.54.